The molecule has 1 aliphatic heterocycles. The van der Waals surface area contributed by atoms with Crippen molar-refractivity contribution in [2.24, 2.45) is 5.92 Å². The van der Waals surface area contributed by atoms with E-state index in [1.54, 1.807) is 25.1 Å². The summed E-state index contributed by atoms with van der Waals surface area (Å²) in [7, 11) is 0. The van der Waals surface area contributed by atoms with Crippen LogP contribution in [-0.2, 0) is 11.2 Å². The zero-order chi connectivity index (χ0) is 25.5. The van der Waals surface area contributed by atoms with Crippen LogP contribution in [0.4, 0.5) is 0 Å². The molecule has 9 nitrogen and oxygen atoms in total. The average molecular weight is 505 g/mol. The maximum atomic E-state index is 13.4. The molecule has 0 bridgehead atoms. The maximum Gasteiger partial charge on any atom is 0.259 e. The fourth-order valence-electron chi connectivity index (χ4n) is 3.88. The van der Waals surface area contributed by atoms with Gasteiger partial charge in [0, 0.05) is 18.1 Å². The number of carbonyl (C=O) groups excluding carboxylic acids is 3. The van der Waals surface area contributed by atoms with E-state index < -0.39 is 0 Å². The topological polar surface area (TPSA) is 114 Å². The van der Waals surface area contributed by atoms with Crippen molar-refractivity contribution in [1.82, 2.24) is 20.7 Å². The number of nitrogens with zero attached hydrogens (tertiary/aromatic N) is 2. The van der Waals surface area contributed by atoms with Gasteiger partial charge in [-0.2, -0.15) is 0 Å². The van der Waals surface area contributed by atoms with Gasteiger partial charge in [0.2, 0.25) is 5.91 Å². The van der Waals surface area contributed by atoms with Crippen molar-refractivity contribution in [3.8, 4) is 5.75 Å². The first kappa shape index (κ1) is 26.5. The number of carbonyl (C=O) groups is 3. The van der Waals surface area contributed by atoms with E-state index in [9.17, 15) is 14.4 Å². The summed E-state index contributed by atoms with van der Waals surface area (Å²) in [6, 6.07) is 4.55. The summed E-state index contributed by atoms with van der Waals surface area (Å²) in [5.41, 5.74) is 1.32. The second-order valence-corrected chi connectivity index (χ2v) is 9.41. The molecule has 1 atom stereocenters. The van der Waals surface area contributed by atoms with E-state index in [4.69, 9.17) is 20.9 Å². The van der Waals surface area contributed by atoms with Crippen LogP contribution in [-0.4, -0.2) is 60.1 Å². The van der Waals surface area contributed by atoms with Gasteiger partial charge in [-0.25, -0.2) is 0 Å². The van der Waals surface area contributed by atoms with Crippen molar-refractivity contribution in [2.75, 3.05) is 26.2 Å². The van der Waals surface area contributed by atoms with E-state index in [1.807, 2.05) is 20.8 Å². The molecule has 1 aliphatic rings. The Kier molecular flexibility index (Phi) is 9.14. The number of fused-ring (bicyclic) bond motifs is 1. The Balaban J connectivity index is 1.85. The van der Waals surface area contributed by atoms with E-state index in [0.717, 1.165) is 0 Å². The number of hydrogen-bond donors (Lipinski definition) is 2. The first-order chi connectivity index (χ1) is 16.7. The predicted molar refractivity (Wildman–Crippen MR) is 132 cm³/mol. The standard InChI is InChI=1S/C25H33ClN4O5/c1-5-19-23(16(4)35-29-19)25(33)30-11-7-6-10-27-24(32)18-12-17(26)8-9-21(18)34-14-20(15(2)3)28-22(31)13-30/h8-9,12,15,20H,5-7,10-11,13-14H2,1-4H3,(H,27,32)(H,28,31)/t20-/m0/s1. The van der Waals surface area contributed by atoms with Gasteiger partial charge in [0.1, 0.15) is 23.7 Å². The van der Waals surface area contributed by atoms with Crippen molar-refractivity contribution >= 4 is 29.3 Å². The van der Waals surface area contributed by atoms with Crippen LogP contribution >= 0.6 is 11.6 Å². The summed E-state index contributed by atoms with van der Waals surface area (Å²) in [5, 5.41) is 10.3. The Morgan fingerprint density at radius 1 is 1.29 bits per heavy atom. The minimum absolute atomic E-state index is 0.0513. The lowest BCUT2D eigenvalue weighted by Gasteiger charge is -2.26. The van der Waals surface area contributed by atoms with E-state index >= 15 is 0 Å². The zero-order valence-corrected chi connectivity index (χ0v) is 21.4. The quantitative estimate of drug-likeness (QED) is 0.662. The van der Waals surface area contributed by atoms with Crippen molar-refractivity contribution in [2.45, 2.75) is 53.0 Å². The lowest BCUT2D eigenvalue weighted by molar-refractivity contribution is -0.123. The van der Waals surface area contributed by atoms with Gasteiger partial charge in [0.25, 0.3) is 11.8 Å². The number of rotatable bonds is 3. The highest BCUT2D eigenvalue weighted by atomic mass is 35.5. The molecule has 2 heterocycles. The Morgan fingerprint density at radius 3 is 2.77 bits per heavy atom. The summed E-state index contributed by atoms with van der Waals surface area (Å²) >= 11 is 6.11. The minimum atomic E-state index is -0.334. The van der Waals surface area contributed by atoms with Gasteiger partial charge in [-0.05, 0) is 50.3 Å². The molecule has 0 spiro atoms. The molecule has 35 heavy (non-hydrogen) atoms. The number of aryl methyl sites for hydroxylation is 2. The molecule has 3 rings (SSSR count). The number of hydrogen-bond acceptors (Lipinski definition) is 6. The lowest BCUT2D eigenvalue weighted by Crippen LogP contribution is -2.48. The van der Waals surface area contributed by atoms with Crippen molar-refractivity contribution in [1.29, 1.82) is 0 Å². The fourth-order valence-corrected chi connectivity index (χ4v) is 4.05. The Bertz CT molecular complexity index is 1070. The zero-order valence-electron chi connectivity index (χ0n) is 20.7. The summed E-state index contributed by atoms with van der Waals surface area (Å²) < 4.78 is 11.2. The van der Waals surface area contributed by atoms with E-state index in [1.165, 1.54) is 4.90 Å². The molecule has 2 aromatic rings. The highest BCUT2D eigenvalue weighted by Gasteiger charge is 2.27. The minimum Gasteiger partial charge on any atom is -0.491 e. The number of aromatic nitrogens is 1. The van der Waals surface area contributed by atoms with Crippen LogP contribution < -0.4 is 15.4 Å². The predicted octanol–water partition coefficient (Wildman–Crippen LogP) is 3.38. The molecule has 190 valence electrons. The second kappa shape index (κ2) is 12.1. The summed E-state index contributed by atoms with van der Waals surface area (Å²) in [5.74, 6) is 0.0176. The smallest absolute Gasteiger partial charge is 0.259 e. The van der Waals surface area contributed by atoms with Gasteiger partial charge < -0.3 is 24.8 Å². The first-order valence-corrected chi connectivity index (χ1v) is 12.3. The molecular weight excluding hydrogens is 472 g/mol. The van der Waals surface area contributed by atoms with Crippen molar-refractivity contribution in [3.63, 3.8) is 0 Å². The molecular formula is C25H33ClN4O5. The van der Waals surface area contributed by atoms with Crippen molar-refractivity contribution in [3.05, 3.63) is 45.8 Å². The lowest BCUT2D eigenvalue weighted by atomic mass is 10.1. The highest BCUT2D eigenvalue weighted by molar-refractivity contribution is 6.31. The van der Waals surface area contributed by atoms with Crippen LogP contribution in [0.15, 0.2) is 22.7 Å². The average Bonchev–Trinajstić information content (AvgIpc) is 3.20. The third kappa shape index (κ3) is 6.75. The molecule has 10 heteroatoms. The Hall–Kier alpha value is -3.07. The summed E-state index contributed by atoms with van der Waals surface area (Å²) in [6.45, 7) is 8.33. The van der Waals surface area contributed by atoms with E-state index in [2.05, 4.69) is 15.8 Å². The number of ether oxygens (including phenoxy) is 1. The molecule has 0 fully saturated rings. The Morgan fingerprint density at radius 2 is 2.06 bits per heavy atom. The number of benzene rings is 1. The molecule has 0 radical (unpaired) electrons. The fraction of sp³-hybridized carbons (Fsp3) is 0.520. The molecule has 0 aliphatic carbocycles. The third-order valence-corrected chi connectivity index (χ3v) is 6.24. The summed E-state index contributed by atoms with van der Waals surface area (Å²) in [4.78, 5) is 40.7. The highest BCUT2D eigenvalue weighted by Crippen LogP contribution is 2.24. The Labute approximate surface area is 210 Å². The van der Waals surface area contributed by atoms with Gasteiger partial charge in [-0.3, -0.25) is 14.4 Å². The summed E-state index contributed by atoms with van der Waals surface area (Å²) in [6.07, 6.45) is 1.76. The van der Waals surface area contributed by atoms with Crippen LogP contribution in [0.25, 0.3) is 0 Å². The largest absolute Gasteiger partial charge is 0.491 e. The van der Waals surface area contributed by atoms with Crippen LogP contribution in [0.2, 0.25) is 5.02 Å². The first-order valence-electron chi connectivity index (χ1n) is 12.0. The van der Waals surface area contributed by atoms with E-state index in [-0.39, 0.29) is 42.8 Å². The second-order valence-electron chi connectivity index (χ2n) is 8.97. The van der Waals surface area contributed by atoms with Gasteiger partial charge >= 0.3 is 0 Å². The van der Waals surface area contributed by atoms with Gasteiger partial charge in [0.05, 0.1) is 23.8 Å². The SMILES string of the molecule is CCc1noc(C)c1C(=O)N1CCCCNC(=O)c2cc(Cl)ccc2OC[C@@H](C(C)C)NC(=O)C1. The number of nitrogens with one attached hydrogen (secondary N) is 2. The molecule has 0 unspecified atom stereocenters. The van der Waals surface area contributed by atoms with E-state index in [0.29, 0.717) is 65.7 Å². The molecule has 1 aromatic carbocycles. The van der Waals surface area contributed by atoms with Crippen LogP contribution in [0.3, 0.4) is 0 Å². The van der Waals surface area contributed by atoms with Crippen LogP contribution in [0, 0.1) is 12.8 Å². The molecule has 3 amide bonds. The third-order valence-electron chi connectivity index (χ3n) is 6.00. The molecule has 0 saturated carbocycles. The maximum absolute atomic E-state index is 13.4. The van der Waals surface area contributed by atoms with Gasteiger partial charge in [0.15, 0.2) is 0 Å². The monoisotopic (exact) mass is 504 g/mol. The van der Waals surface area contributed by atoms with Crippen molar-refractivity contribution < 1.29 is 23.6 Å². The van der Waals surface area contributed by atoms with Gasteiger partial charge in [-0.15, -0.1) is 0 Å². The van der Waals surface area contributed by atoms with Gasteiger partial charge in [-0.1, -0.05) is 37.5 Å². The molecule has 0 saturated heterocycles. The number of halogens is 1. The molecule has 1 aromatic heterocycles. The van der Waals surface area contributed by atoms with Crippen LogP contribution in [0.5, 0.6) is 5.75 Å². The number of amides is 3. The van der Waals surface area contributed by atoms with Crippen LogP contribution in [0.1, 0.15) is 65.8 Å². The molecule has 2 N–H and O–H groups in total. The normalized spacial score (nSPS) is 18.1.